The molecule has 8 nitrogen and oxygen atoms in total. The molecule has 0 amide bonds. The minimum absolute atomic E-state index is 0.282. The number of rotatable bonds is 8. The molecule has 1 unspecified atom stereocenters. The highest BCUT2D eigenvalue weighted by Gasteiger charge is 2.31. The van der Waals surface area contributed by atoms with Crippen molar-refractivity contribution >= 4 is 49.9 Å². The van der Waals surface area contributed by atoms with E-state index in [0.717, 1.165) is 13.2 Å². The molecule has 2 aromatic carbocycles. The number of nitrogens with zero attached hydrogens (tertiary/aromatic N) is 1. The second kappa shape index (κ2) is 9.34. The fourth-order valence-corrected chi connectivity index (χ4v) is 3.68. The average Bonchev–Trinajstić information content (AvgIpc) is 2.64. The fourth-order valence-electron chi connectivity index (χ4n) is 2.41. The molecule has 5 N–H and O–H groups in total. The summed E-state index contributed by atoms with van der Waals surface area (Å²) in [6.07, 6.45) is -1.60. The van der Waals surface area contributed by atoms with Crippen LogP contribution in [0.3, 0.4) is 0 Å². The van der Waals surface area contributed by atoms with E-state index in [9.17, 15) is 26.7 Å². The van der Waals surface area contributed by atoms with Gasteiger partial charge in [-0.3, -0.25) is 0 Å². The summed E-state index contributed by atoms with van der Waals surface area (Å²) in [4.78, 5) is 0. The molecule has 2 rings (SSSR count). The van der Waals surface area contributed by atoms with E-state index in [0.29, 0.717) is 13.9 Å². The summed E-state index contributed by atoms with van der Waals surface area (Å²) in [6, 6.07) is 4.40. The van der Waals surface area contributed by atoms with E-state index in [1.54, 1.807) is 0 Å². The van der Waals surface area contributed by atoms with Gasteiger partial charge in [0.1, 0.15) is 22.9 Å². The van der Waals surface area contributed by atoms with Crippen molar-refractivity contribution in [1.82, 2.24) is 0 Å². The van der Waals surface area contributed by atoms with Crippen LogP contribution in [0.15, 0.2) is 24.3 Å². The van der Waals surface area contributed by atoms with Crippen molar-refractivity contribution in [3.63, 3.8) is 0 Å². The van der Waals surface area contributed by atoms with Crippen molar-refractivity contribution in [2.45, 2.75) is 6.10 Å². The Morgan fingerprint density at radius 1 is 1.28 bits per heavy atom. The number of hydrogen-bond acceptors (Lipinski definition) is 6. The first kappa shape index (κ1) is 23.5. The van der Waals surface area contributed by atoms with Crippen LogP contribution in [0.1, 0.15) is 0 Å². The molecule has 0 radical (unpaired) electrons. The van der Waals surface area contributed by atoms with E-state index < -0.39 is 64.0 Å². The lowest BCUT2D eigenvalue weighted by atomic mass is 10.2. The van der Waals surface area contributed by atoms with Gasteiger partial charge in [0, 0.05) is 9.64 Å². The summed E-state index contributed by atoms with van der Waals surface area (Å²) in [5.74, 6) is -4.22. The Morgan fingerprint density at radius 2 is 1.93 bits per heavy atom. The first-order valence-electron chi connectivity index (χ1n) is 7.87. The van der Waals surface area contributed by atoms with E-state index in [1.165, 1.54) is 12.1 Å². The number of aliphatic hydroxyl groups excluding tert-OH is 2. The number of aliphatic hydroxyl groups is 2. The van der Waals surface area contributed by atoms with Gasteiger partial charge in [-0.05, 0) is 40.8 Å². The smallest absolute Gasteiger partial charge is 0.299 e. The van der Waals surface area contributed by atoms with Crippen molar-refractivity contribution in [3.8, 4) is 5.75 Å². The molecule has 0 spiro atoms. The highest BCUT2D eigenvalue weighted by Crippen LogP contribution is 2.42. The van der Waals surface area contributed by atoms with Gasteiger partial charge in [-0.1, -0.05) is 0 Å². The summed E-state index contributed by atoms with van der Waals surface area (Å²) < 4.78 is 73.0. The molecule has 0 saturated heterocycles. The zero-order chi connectivity index (χ0) is 21.9. The predicted octanol–water partition coefficient (Wildman–Crippen LogP) is 1.82. The molecule has 0 fully saturated rings. The maximum Gasteiger partial charge on any atom is 0.299 e. The Morgan fingerprint density at radius 3 is 2.45 bits per heavy atom. The Bertz CT molecular complexity index is 1010. The summed E-state index contributed by atoms with van der Waals surface area (Å²) in [5.41, 5.74) is -1.68. The Kier molecular flexibility index (Phi) is 7.56. The normalized spacial score (nSPS) is 12.6. The SMILES string of the molecule is COc1cc(F)c(F)c(Nc2ccc(I)cc2F)c1N(CC(O)CO)S(N)(=O)=O. The van der Waals surface area contributed by atoms with Crippen molar-refractivity contribution in [3.05, 3.63) is 45.3 Å². The second-order valence-corrected chi connectivity index (χ2v) is 8.48. The molecule has 29 heavy (non-hydrogen) atoms. The summed E-state index contributed by atoms with van der Waals surface area (Å²) in [5, 5.41) is 26.2. The Labute approximate surface area is 178 Å². The largest absolute Gasteiger partial charge is 0.494 e. The Hall–Kier alpha value is -1.81. The fraction of sp³-hybridized carbons (Fsp3) is 0.250. The molecule has 13 heteroatoms. The topological polar surface area (TPSA) is 125 Å². The predicted molar refractivity (Wildman–Crippen MR) is 109 cm³/mol. The number of nitrogens with one attached hydrogen (secondary N) is 1. The van der Waals surface area contributed by atoms with E-state index in [2.05, 4.69) is 5.32 Å². The summed E-state index contributed by atoms with van der Waals surface area (Å²) >= 11 is 1.84. The van der Waals surface area contributed by atoms with Crippen LogP contribution < -0.4 is 19.5 Å². The summed E-state index contributed by atoms with van der Waals surface area (Å²) in [7, 11) is -3.59. The molecule has 0 aliphatic carbocycles. The van der Waals surface area contributed by atoms with E-state index >= 15 is 0 Å². The highest BCUT2D eigenvalue weighted by atomic mass is 127. The lowest BCUT2D eigenvalue weighted by Gasteiger charge is -2.28. The van der Waals surface area contributed by atoms with E-state index in [4.69, 9.17) is 15.0 Å². The van der Waals surface area contributed by atoms with Crippen LogP contribution in [-0.2, 0) is 10.2 Å². The number of ether oxygens (including phenoxy) is 1. The van der Waals surface area contributed by atoms with E-state index in [1.807, 2.05) is 22.6 Å². The molecular formula is C16H17F3IN3O5S. The third kappa shape index (κ3) is 5.42. The van der Waals surface area contributed by atoms with Crippen LogP contribution in [0.5, 0.6) is 5.75 Å². The molecule has 0 heterocycles. The number of nitrogens with two attached hydrogens (primary N) is 1. The molecule has 160 valence electrons. The van der Waals surface area contributed by atoms with Gasteiger partial charge in [0.2, 0.25) is 0 Å². The highest BCUT2D eigenvalue weighted by molar-refractivity contribution is 14.1. The van der Waals surface area contributed by atoms with Gasteiger partial charge in [0.05, 0.1) is 32.1 Å². The lowest BCUT2D eigenvalue weighted by molar-refractivity contribution is 0.102. The standard InChI is InChI=1S/C16H17F3IN3O5S/c1-28-13-5-11(18)14(19)15(22-12-3-2-8(20)4-10(12)17)16(13)23(29(21,26)27)6-9(25)7-24/h2-5,9,22,24-25H,6-7H2,1H3,(H2,21,26,27). The van der Waals surface area contributed by atoms with Crippen LogP contribution >= 0.6 is 22.6 Å². The number of halogens is 4. The maximum atomic E-state index is 14.7. The molecule has 0 saturated carbocycles. The minimum Gasteiger partial charge on any atom is -0.494 e. The first-order valence-corrected chi connectivity index (χ1v) is 10.4. The molecular weight excluding hydrogens is 530 g/mol. The molecule has 2 aromatic rings. The van der Waals surface area contributed by atoms with Crippen molar-refractivity contribution in [2.24, 2.45) is 5.14 Å². The summed E-state index contributed by atoms with van der Waals surface area (Å²) in [6.45, 7) is -1.65. The molecule has 0 aliphatic rings. The van der Waals surface area contributed by atoms with Crippen molar-refractivity contribution in [1.29, 1.82) is 0 Å². The van der Waals surface area contributed by atoms with Gasteiger partial charge in [0.15, 0.2) is 11.6 Å². The molecule has 1 atom stereocenters. The first-order chi connectivity index (χ1) is 13.5. The third-order valence-electron chi connectivity index (χ3n) is 3.71. The number of anilines is 3. The van der Waals surface area contributed by atoms with Gasteiger partial charge in [-0.25, -0.2) is 22.6 Å². The van der Waals surface area contributed by atoms with E-state index in [-0.39, 0.29) is 5.69 Å². The zero-order valence-electron chi connectivity index (χ0n) is 14.9. The zero-order valence-corrected chi connectivity index (χ0v) is 17.8. The van der Waals surface area contributed by atoms with Crippen molar-refractivity contribution < 1.29 is 36.5 Å². The van der Waals surface area contributed by atoms with Crippen molar-refractivity contribution in [2.75, 3.05) is 29.9 Å². The quantitative estimate of drug-likeness (QED) is 0.374. The number of benzene rings is 2. The van der Waals surface area contributed by atoms with Gasteiger partial charge < -0.3 is 20.3 Å². The third-order valence-corrected chi connectivity index (χ3v) is 5.33. The van der Waals surface area contributed by atoms with Gasteiger partial charge in [-0.2, -0.15) is 8.42 Å². The average molecular weight is 547 g/mol. The lowest BCUT2D eigenvalue weighted by Crippen LogP contribution is -2.43. The van der Waals surface area contributed by atoms with Crippen LogP contribution in [0, 0.1) is 21.0 Å². The molecule has 0 aliphatic heterocycles. The monoisotopic (exact) mass is 547 g/mol. The maximum absolute atomic E-state index is 14.7. The number of hydrogen-bond donors (Lipinski definition) is 4. The van der Waals surface area contributed by atoms with Gasteiger partial charge in [0.25, 0.3) is 10.2 Å². The molecule has 0 aromatic heterocycles. The minimum atomic E-state index is -4.66. The second-order valence-electron chi connectivity index (χ2n) is 5.76. The Balaban J connectivity index is 2.76. The van der Waals surface area contributed by atoms with Crippen LogP contribution in [0.4, 0.5) is 30.2 Å². The number of methoxy groups -OCH3 is 1. The van der Waals surface area contributed by atoms with Crippen LogP contribution in [-0.4, -0.2) is 45.0 Å². The van der Waals surface area contributed by atoms with Gasteiger partial charge in [-0.15, -0.1) is 0 Å². The van der Waals surface area contributed by atoms with Crippen LogP contribution in [0.2, 0.25) is 0 Å². The van der Waals surface area contributed by atoms with Gasteiger partial charge >= 0.3 is 0 Å². The van der Waals surface area contributed by atoms with Crippen LogP contribution in [0.25, 0.3) is 0 Å². The molecule has 0 bridgehead atoms.